The van der Waals surface area contributed by atoms with E-state index in [2.05, 4.69) is 11.4 Å². The van der Waals surface area contributed by atoms with Crippen LogP contribution in [0.1, 0.15) is 54.7 Å². The van der Waals surface area contributed by atoms with Crippen molar-refractivity contribution in [2.24, 2.45) is 0 Å². The number of piperidine rings is 1. The van der Waals surface area contributed by atoms with Gasteiger partial charge < -0.3 is 10.1 Å². The fourth-order valence-electron chi connectivity index (χ4n) is 3.79. The first-order valence-electron chi connectivity index (χ1n) is 7.90. The van der Waals surface area contributed by atoms with Crippen molar-refractivity contribution in [3.05, 3.63) is 27.8 Å². The highest BCUT2D eigenvalue weighted by molar-refractivity contribution is 6.32. The number of benzene rings is 1. The lowest BCUT2D eigenvalue weighted by atomic mass is 9.84. The van der Waals surface area contributed by atoms with Crippen LogP contribution in [0, 0.1) is 0 Å². The minimum atomic E-state index is 0.559. The Morgan fingerprint density at radius 1 is 1.20 bits per heavy atom. The molecule has 110 valence electrons. The van der Waals surface area contributed by atoms with E-state index >= 15 is 0 Å². The summed E-state index contributed by atoms with van der Waals surface area (Å²) in [5, 5.41) is 4.33. The smallest absolute Gasteiger partial charge is 0.141 e. The number of hydrogen-bond acceptors (Lipinski definition) is 2. The fraction of sp³-hybridized carbons (Fsp3) is 0.647. The first-order valence-corrected chi connectivity index (χ1v) is 8.28. The van der Waals surface area contributed by atoms with Gasteiger partial charge in [-0.05, 0) is 62.3 Å². The second-order valence-electron chi connectivity index (χ2n) is 6.05. The quantitative estimate of drug-likeness (QED) is 0.830. The number of nitrogens with one attached hydrogen (secondary N) is 1. The highest BCUT2D eigenvalue weighted by Crippen LogP contribution is 2.42. The number of hydrogen-bond donors (Lipinski definition) is 1. The van der Waals surface area contributed by atoms with Gasteiger partial charge in [0.05, 0.1) is 12.1 Å². The van der Waals surface area contributed by atoms with Gasteiger partial charge >= 0.3 is 0 Å². The average molecular weight is 294 g/mol. The third kappa shape index (κ3) is 2.68. The number of fused-ring (bicyclic) bond motifs is 1. The van der Waals surface area contributed by atoms with E-state index in [1.165, 1.54) is 61.6 Å². The largest absolute Gasteiger partial charge is 0.495 e. The monoisotopic (exact) mass is 293 g/mol. The van der Waals surface area contributed by atoms with Crippen molar-refractivity contribution in [2.45, 2.75) is 50.9 Å². The van der Waals surface area contributed by atoms with Crippen LogP contribution in [0.15, 0.2) is 6.07 Å². The molecule has 0 saturated carbocycles. The zero-order chi connectivity index (χ0) is 13.9. The summed E-state index contributed by atoms with van der Waals surface area (Å²) in [6, 6.07) is 2.15. The standard InChI is InChI=1S/C17H24ClNO/c1-20-17-15(18)10-12-6-3-2-4-8-14(12)16(17)13-7-5-9-19-11-13/h10,13,19H,2-9,11H2,1H3. The van der Waals surface area contributed by atoms with Crippen molar-refractivity contribution >= 4 is 11.6 Å². The maximum Gasteiger partial charge on any atom is 0.141 e. The Hall–Kier alpha value is -0.730. The SMILES string of the molecule is COc1c(Cl)cc2c(c1C1CCCNC1)CCCCC2. The highest BCUT2D eigenvalue weighted by Gasteiger charge is 2.26. The summed E-state index contributed by atoms with van der Waals surface area (Å²) in [6.07, 6.45) is 8.77. The van der Waals surface area contributed by atoms with Gasteiger partial charge in [0.2, 0.25) is 0 Å². The van der Waals surface area contributed by atoms with Crippen LogP contribution in [-0.2, 0) is 12.8 Å². The molecule has 0 radical (unpaired) electrons. The van der Waals surface area contributed by atoms with Gasteiger partial charge in [0.25, 0.3) is 0 Å². The molecule has 1 N–H and O–H groups in total. The van der Waals surface area contributed by atoms with Gasteiger partial charge in [-0.3, -0.25) is 0 Å². The van der Waals surface area contributed by atoms with E-state index in [1.54, 1.807) is 7.11 Å². The Balaban J connectivity index is 2.09. The molecule has 0 bridgehead atoms. The molecule has 2 nitrogen and oxygen atoms in total. The molecule has 0 aromatic heterocycles. The molecular formula is C17H24ClNO. The molecule has 3 heteroatoms. The van der Waals surface area contributed by atoms with E-state index in [0.717, 1.165) is 23.9 Å². The Kier molecular flexibility index (Phi) is 4.52. The minimum Gasteiger partial charge on any atom is -0.495 e. The van der Waals surface area contributed by atoms with Crippen molar-refractivity contribution in [3.63, 3.8) is 0 Å². The maximum absolute atomic E-state index is 6.49. The molecule has 0 amide bonds. The summed E-state index contributed by atoms with van der Waals surface area (Å²) in [5.41, 5.74) is 4.41. The predicted octanol–water partition coefficient (Wildman–Crippen LogP) is 4.08. The van der Waals surface area contributed by atoms with E-state index in [9.17, 15) is 0 Å². The number of halogens is 1. The zero-order valence-corrected chi connectivity index (χ0v) is 13.1. The van der Waals surface area contributed by atoms with Crippen LogP contribution in [0.3, 0.4) is 0 Å². The normalized spacial score (nSPS) is 23.0. The van der Waals surface area contributed by atoms with E-state index in [-0.39, 0.29) is 0 Å². The second-order valence-corrected chi connectivity index (χ2v) is 6.45. The van der Waals surface area contributed by atoms with Gasteiger partial charge in [0.1, 0.15) is 5.75 Å². The lowest BCUT2D eigenvalue weighted by Gasteiger charge is -2.28. The molecular weight excluding hydrogens is 270 g/mol. The van der Waals surface area contributed by atoms with Crippen molar-refractivity contribution < 1.29 is 4.74 Å². The van der Waals surface area contributed by atoms with Gasteiger partial charge in [-0.25, -0.2) is 0 Å². The van der Waals surface area contributed by atoms with Crippen molar-refractivity contribution in [1.82, 2.24) is 5.32 Å². The topological polar surface area (TPSA) is 21.3 Å². The third-order valence-corrected chi connectivity index (χ3v) is 5.04. The van der Waals surface area contributed by atoms with E-state index in [0.29, 0.717) is 5.92 Å². The molecule has 1 aromatic rings. The summed E-state index contributed by atoms with van der Waals surface area (Å²) in [7, 11) is 1.75. The predicted molar refractivity (Wildman–Crippen MR) is 84.1 cm³/mol. The Bertz CT molecular complexity index is 480. The lowest BCUT2D eigenvalue weighted by Crippen LogP contribution is -2.29. The van der Waals surface area contributed by atoms with Gasteiger partial charge in [0, 0.05) is 18.0 Å². The summed E-state index contributed by atoms with van der Waals surface area (Å²) >= 11 is 6.49. The summed E-state index contributed by atoms with van der Waals surface area (Å²) in [6.45, 7) is 2.20. The number of rotatable bonds is 2. The minimum absolute atomic E-state index is 0.559. The van der Waals surface area contributed by atoms with Crippen molar-refractivity contribution in [1.29, 1.82) is 0 Å². The van der Waals surface area contributed by atoms with Crippen LogP contribution < -0.4 is 10.1 Å². The summed E-state index contributed by atoms with van der Waals surface area (Å²) in [5.74, 6) is 1.49. The molecule has 0 spiro atoms. The molecule has 1 saturated heterocycles. The number of aryl methyl sites for hydroxylation is 1. The van der Waals surface area contributed by atoms with E-state index < -0.39 is 0 Å². The molecule has 1 unspecified atom stereocenters. The molecule has 1 aliphatic carbocycles. The van der Waals surface area contributed by atoms with Gasteiger partial charge in [-0.2, -0.15) is 0 Å². The maximum atomic E-state index is 6.49. The first kappa shape index (κ1) is 14.2. The van der Waals surface area contributed by atoms with Crippen LogP contribution in [0.4, 0.5) is 0 Å². The molecule has 20 heavy (non-hydrogen) atoms. The molecule has 1 fully saturated rings. The van der Waals surface area contributed by atoms with Crippen LogP contribution in [-0.4, -0.2) is 20.2 Å². The van der Waals surface area contributed by atoms with E-state index in [1.807, 2.05) is 0 Å². The highest BCUT2D eigenvalue weighted by atomic mass is 35.5. The van der Waals surface area contributed by atoms with Gasteiger partial charge in [-0.15, -0.1) is 0 Å². The molecule has 1 aromatic carbocycles. The van der Waals surface area contributed by atoms with Crippen LogP contribution >= 0.6 is 11.6 Å². The molecule has 2 aliphatic rings. The average Bonchev–Trinajstić information content (AvgIpc) is 2.71. The number of methoxy groups -OCH3 is 1. The van der Waals surface area contributed by atoms with Gasteiger partial charge in [-0.1, -0.05) is 18.0 Å². The van der Waals surface area contributed by atoms with Crippen molar-refractivity contribution in [2.75, 3.05) is 20.2 Å². The molecule has 1 atom stereocenters. The molecule has 1 heterocycles. The third-order valence-electron chi connectivity index (χ3n) is 4.76. The lowest BCUT2D eigenvalue weighted by molar-refractivity contribution is 0.390. The fourth-order valence-corrected chi connectivity index (χ4v) is 4.10. The summed E-state index contributed by atoms with van der Waals surface area (Å²) in [4.78, 5) is 0. The van der Waals surface area contributed by atoms with Crippen LogP contribution in [0.25, 0.3) is 0 Å². The van der Waals surface area contributed by atoms with Crippen LogP contribution in [0.2, 0.25) is 5.02 Å². The van der Waals surface area contributed by atoms with E-state index in [4.69, 9.17) is 16.3 Å². The Morgan fingerprint density at radius 2 is 2.05 bits per heavy atom. The molecule has 1 aliphatic heterocycles. The Labute approximate surface area is 126 Å². The zero-order valence-electron chi connectivity index (χ0n) is 12.3. The Morgan fingerprint density at radius 3 is 2.80 bits per heavy atom. The van der Waals surface area contributed by atoms with Crippen molar-refractivity contribution in [3.8, 4) is 5.75 Å². The molecule has 3 rings (SSSR count). The van der Waals surface area contributed by atoms with Gasteiger partial charge in [0.15, 0.2) is 0 Å². The summed E-state index contributed by atoms with van der Waals surface area (Å²) < 4.78 is 5.68. The first-order chi connectivity index (χ1) is 9.81. The second kappa shape index (κ2) is 6.36. The number of ether oxygens (including phenoxy) is 1. The van der Waals surface area contributed by atoms with Crippen LogP contribution in [0.5, 0.6) is 5.75 Å².